The highest BCUT2D eigenvalue weighted by Crippen LogP contribution is 2.36. The van der Waals surface area contributed by atoms with Gasteiger partial charge in [0.25, 0.3) is 0 Å². The summed E-state index contributed by atoms with van der Waals surface area (Å²) in [6.45, 7) is 2.96. The van der Waals surface area contributed by atoms with Crippen molar-refractivity contribution in [3.8, 4) is 0 Å². The monoisotopic (exact) mass is 283 g/mol. The van der Waals surface area contributed by atoms with Gasteiger partial charge in [0.2, 0.25) is 0 Å². The third-order valence-electron chi connectivity index (χ3n) is 5.53. The van der Waals surface area contributed by atoms with Crippen molar-refractivity contribution in [2.24, 2.45) is 11.8 Å². The molecule has 1 heterocycles. The predicted molar refractivity (Wildman–Crippen MR) is 77.4 cm³/mol. The second kappa shape index (κ2) is 6.73. The number of aliphatic hydroxyl groups is 1. The van der Waals surface area contributed by atoms with Gasteiger partial charge in [0.15, 0.2) is 5.79 Å². The van der Waals surface area contributed by atoms with Crippen molar-refractivity contribution in [1.29, 1.82) is 0 Å². The van der Waals surface area contributed by atoms with Crippen LogP contribution in [-0.2, 0) is 9.47 Å². The minimum atomic E-state index is -0.239. The molecule has 0 radical (unpaired) electrons. The molecule has 0 bridgehead atoms. The summed E-state index contributed by atoms with van der Waals surface area (Å²) < 4.78 is 11.6. The second-order valence-electron chi connectivity index (χ2n) is 6.78. The van der Waals surface area contributed by atoms with Crippen molar-refractivity contribution in [1.82, 2.24) is 5.32 Å². The van der Waals surface area contributed by atoms with E-state index in [1.54, 1.807) is 0 Å². The first-order valence-electron chi connectivity index (χ1n) is 8.43. The molecule has 0 aromatic carbocycles. The molecule has 3 rings (SSSR count). The van der Waals surface area contributed by atoms with Crippen LogP contribution in [0.3, 0.4) is 0 Å². The van der Waals surface area contributed by atoms with Crippen LogP contribution in [0.5, 0.6) is 0 Å². The van der Waals surface area contributed by atoms with Gasteiger partial charge < -0.3 is 19.9 Å². The molecule has 3 fully saturated rings. The first-order valence-corrected chi connectivity index (χ1v) is 8.43. The Morgan fingerprint density at radius 2 is 1.60 bits per heavy atom. The highest BCUT2D eigenvalue weighted by atomic mass is 16.7. The van der Waals surface area contributed by atoms with E-state index < -0.39 is 0 Å². The Bertz CT molecular complexity index is 294. The Labute approximate surface area is 122 Å². The Hall–Kier alpha value is -0.160. The number of hydrogen-bond donors (Lipinski definition) is 2. The lowest BCUT2D eigenvalue weighted by Crippen LogP contribution is -2.44. The quantitative estimate of drug-likeness (QED) is 0.829. The van der Waals surface area contributed by atoms with E-state index >= 15 is 0 Å². The van der Waals surface area contributed by atoms with Gasteiger partial charge in [-0.25, -0.2) is 0 Å². The van der Waals surface area contributed by atoms with Crippen molar-refractivity contribution < 1.29 is 14.6 Å². The van der Waals surface area contributed by atoms with E-state index in [1.807, 2.05) is 0 Å². The van der Waals surface area contributed by atoms with E-state index in [0.29, 0.717) is 24.5 Å². The lowest BCUT2D eigenvalue weighted by molar-refractivity contribution is -0.179. The van der Waals surface area contributed by atoms with Gasteiger partial charge in [-0.2, -0.15) is 0 Å². The van der Waals surface area contributed by atoms with E-state index in [9.17, 15) is 5.11 Å². The minimum Gasteiger partial charge on any atom is -0.396 e. The molecular formula is C16H29NO3. The number of ether oxygens (including phenoxy) is 2. The smallest absolute Gasteiger partial charge is 0.168 e. The van der Waals surface area contributed by atoms with Crippen LogP contribution in [0.2, 0.25) is 0 Å². The van der Waals surface area contributed by atoms with Gasteiger partial charge in [0.05, 0.1) is 13.2 Å². The first-order chi connectivity index (χ1) is 9.81. The number of rotatable bonds is 4. The van der Waals surface area contributed by atoms with Crippen LogP contribution in [0.1, 0.15) is 51.4 Å². The fourth-order valence-electron chi connectivity index (χ4n) is 4.16. The third-order valence-corrected chi connectivity index (χ3v) is 5.53. The molecule has 4 nitrogen and oxygen atoms in total. The Kier molecular flexibility index (Phi) is 4.97. The van der Waals surface area contributed by atoms with Crippen molar-refractivity contribution in [3.63, 3.8) is 0 Å². The molecule has 1 saturated heterocycles. The maximum atomic E-state index is 9.48. The van der Waals surface area contributed by atoms with Gasteiger partial charge in [0, 0.05) is 25.5 Å². The summed E-state index contributed by atoms with van der Waals surface area (Å²) in [5.41, 5.74) is 0. The van der Waals surface area contributed by atoms with E-state index in [-0.39, 0.29) is 5.79 Å². The molecule has 2 unspecified atom stereocenters. The number of nitrogens with one attached hydrogen (secondary N) is 1. The predicted octanol–water partition coefficient (Wildman–Crippen LogP) is 2.06. The van der Waals surface area contributed by atoms with Crippen LogP contribution < -0.4 is 5.32 Å². The molecule has 4 heteroatoms. The molecular weight excluding hydrogens is 254 g/mol. The molecule has 20 heavy (non-hydrogen) atoms. The molecule has 2 aliphatic carbocycles. The molecule has 0 amide bonds. The molecule has 3 aliphatic rings. The highest BCUT2D eigenvalue weighted by Gasteiger charge is 2.40. The fraction of sp³-hybridized carbons (Fsp3) is 1.00. The van der Waals surface area contributed by atoms with Gasteiger partial charge >= 0.3 is 0 Å². The average molecular weight is 283 g/mol. The van der Waals surface area contributed by atoms with Crippen molar-refractivity contribution in [3.05, 3.63) is 0 Å². The van der Waals surface area contributed by atoms with Gasteiger partial charge in [0.1, 0.15) is 0 Å². The molecule has 2 saturated carbocycles. The van der Waals surface area contributed by atoms with Crippen LogP contribution in [-0.4, -0.2) is 43.3 Å². The average Bonchev–Trinajstić information content (AvgIpc) is 2.95. The summed E-state index contributed by atoms with van der Waals surface area (Å²) in [6.07, 6.45) is 9.46. The third kappa shape index (κ3) is 3.35. The van der Waals surface area contributed by atoms with Crippen LogP contribution in [0, 0.1) is 11.8 Å². The largest absolute Gasteiger partial charge is 0.396 e. The first kappa shape index (κ1) is 14.8. The Morgan fingerprint density at radius 1 is 0.950 bits per heavy atom. The fourth-order valence-corrected chi connectivity index (χ4v) is 4.16. The lowest BCUT2D eigenvalue weighted by Gasteiger charge is -2.37. The van der Waals surface area contributed by atoms with Crippen LogP contribution in [0.15, 0.2) is 0 Å². The molecule has 116 valence electrons. The summed E-state index contributed by atoms with van der Waals surface area (Å²) in [5, 5.41) is 13.2. The second-order valence-corrected chi connectivity index (χ2v) is 6.78. The highest BCUT2D eigenvalue weighted by molar-refractivity contribution is 4.86. The maximum absolute atomic E-state index is 9.48. The van der Waals surface area contributed by atoms with E-state index in [0.717, 1.165) is 45.4 Å². The van der Waals surface area contributed by atoms with E-state index in [4.69, 9.17) is 9.47 Å². The zero-order chi connectivity index (χ0) is 13.8. The molecule has 0 aromatic heterocycles. The molecule has 2 atom stereocenters. The summed E-state index contributed by atoms with van der Waals surface area (Å²) in [6, 6.07) is 0.606. The zero-order valence-corrected chi connectivity index (χ0v) is 12.5. The van der Waals surface area contributed by atoms with E-state index in [1.165, 1.54) is 25.7 Å². The van der Waals surface area contributed by atoms with Crippen molar-refractivity contribution in [2.45, 2.75) is 63.2 Å². The zero-order valence-electron chi connectivity index (χ0n) is 12.5. The van der Waals surface area contributed by atoms with Gasteiger partial charge in [-0.1, -0.05) is 12.8 Å². The Balaban J connectivity index is 1.41. The summed E-state index contributed by atoms with van der Waals surface area (Å²) in [7, 11) is 0. The topological polar surface area (TPSA) is 50.7 Å². The van der Waals surface area contributed by atoms with Crippen molar-refractivity contribution >= 4 is 0 Å². The van der Waals surface area contributed by atoms with Crippen LogP contribution >= 0.6 is 0 Å². The normalized spacial score (nSPS) is 34.6. The van der Waals surface area contributed by atoms with Crippen molar-refractivity contribution in [2.75, 3.05) is 26.4 Å². The maximum Gasteiger partial charge on any atom is 0.168 e. The standard InChI is InChI=1S/C16H29NO3/c18-12-14-4-2-1-3-13(14)11-17-15-5-7-16(8-6-15)19-9-10-20-16/h13-15,17-18H,1-12H2. The molecule has 0 aromatic rings. The summed E-state index contributed by atoms with van der Waals surface area (Å²) in [4.78, 5) is 0. The minimum absolute atomic E-state index is 0.239. The van der Waals surface area contributed by atoms with E-state index in [2.05, 4.69) is 5.32 Å². The Morgan fingerprint density at radius 3 is 2.25 bits per heavy atom. The van der Waals surface area contributed by atoms with Gasteiger partial charge in [-0.05, 0) is 44.1 Å². The molecule has 1 aliphatic heterocycles. The lowest BCUT2D eigenvalue weighted by atomic mass is 9.79. The summed E-state index contributed by atoms with van der Waals surface area (Å²) >= 11 is 0. The SMILES string of the molecule is OCC1CCCCC1CNC1CCC2(CC1)OCCO2. The van der Waals surface area contributed by atoms with Gasteiger partial charge in [-0.3, -0.25) is 0 Å². The molecule has 1 spiro atoms. The number of hydrogen-bond acceptors (Lipinski definition) is 4. The summed E-state index contributed by atoms with van der Waals surface area (Å²) in [5.74, 6) is 0.952. The molecule has 2 N–H and O–H groups in total. The number of aliphatic hydroxyl groups excluding tert-OH is 1. The van der Waals surface area contributed by atoms with Gasteiger partial charge in [-0.15, -0.1) is 0 Å². The van der Waals surface area contributed by atoms with Crippen LogP contribution in [0.25, 0.3) is 0 Å². The van der Waals surface area contributed by atoms with Crippen LogP contribution in [0.4, 0.5) is 0 Å².